The van der Waals surface area contributed by atoms with Crippen LogP contribution >= 0.6 is 0 Å². The van der Waals surface area contributed by atoms with Crippen LogP contribution in [0, 0.1) is 0 Å². The van der Waals surface area contributed by atoms with Gasteiger partial charge in [0.15, 0.2) is 6.29 Å². The van der Waals surface area contributed by atoms with Crippen molar-refractivity contribution in [2.75, 3.05) is 21.2 Å². The third kappa shape index (κ3) is 3.05. The SMILES string of the molecule is COc1cncc(C(C=O)=CN(C)C)n1. The average molecular weight is 207 g/mol. The number of hydrogen-bond donors (Lipinski definition) is 0. The van der Waals surface area contributed by atoms with E-state index in [0.29, 0.717) is 17.1 Å². The van der Waals surface area contributed by atoms with E-state index in [1.807, 2.05) is 14.1 Å². The molecular formula is C10H13N3O2. The van der Waals surface area contributed by atoms with E-state index >= 15 is 0 Å². The van der Waals surface area contributed by atoms with Gasteiger partial charge in [-0.05, 0) is 0 Å². The summed E-state index contributed by atoms with van der Waals surface area (Å²) in [6.07, 6.45) is 5.42. The van der Waals surface area contributed by atoms with E-state index < -0.39 is 0 Å². The highest BCUT2D eigenvalue weighted by Crippen LogP contribution is 2.12. The van der Waals surface area contributed by atoms with Gasteiger partial charge >= 0.3 is 0 Å². The maximum atomic E-state index is 10.8. The van der Waals surface area contributed by atoms with Crippen LogP contribution in [-0.4, -0.2) is 42.4 Å². The molecule has 80 valence electrons. The van der Waals surface area contributed by atoms with Crippen molar-refractivity contribution in [3.63, 3.8) is 0 Å². The second kappa shape index (κ2) is 5.09. The predicted octanol–water partition coefficient (Wildman–Crippen LogP) is 0.587. The van der Waals surface area contributed by atoms with Crippen LogP contribution in [0.15, 0.2) is 18.6 Å². The van der Waals surface area contributed by atoms with Gasteiger partial charge in [0.2, 0.25) is 5.88 Å². The molecule has 0 N–H and O–H groups in total. The lowest BCUT2D eigenvalue weighted by atomic mass is 10.2. The minimum atomic E-state index is 0.388. The molecule has 0 aliphatic carbocycles. The number of carbonyl (C=O) groups is 1. The predicted molar refractivity (Wildman–Crippen MR) is 56.3 cm³/mol. The van der Waals surface area contributed by atoms with Crippen molar-refractivity contribution < 1.29 is 9.53 Å². The number of hydrogen-bond acceptors (Lipinski definition) is 5. The fraction of sp³-hybridized carbons (Fsp3) is 0.300. The lowest BCUT2D eigenvalue weighted by molar-refractivity contribution is -0.103. The molecule has 1 rings (SSSR count). The smallest absolute Gasteiger partial charge is 0.232 e. The molecule has 1 aromatic heterocycles. The topological polar surface area (TPSA) is 55.3 Å². The Kier molecular flexibility index (Phi) is 3.79. The molecule has 0 saturated heterocycles. The first kappa shape index (κ1) is 11.2. The Morgan fingerprint density at radius 2 is 2.20 bits per heavy atom. The summed E-state index contributed by atoms with van der Waals surface area (Å²) in [4.78, 5) is 20.6. The van der Waals surface area contributed by atoms with E-state index in [2.05, 4.69) is 9.97 Å². The lowest BCUT2D eigenvalue weighted by Gasteiger charge is -2.07. The van der Waals surface area contributed by atoms with Gasteiger partial charge in [-0.1, -0.05) is 0 Å². The van der Waals surface area contributed by atoms with Crippen molar-refractivity contribution in [1.82, 2.24) is 14.9 Å². The summed E-state index contributed by atoms with van der Waals surface area (Å²) in [5, 5.41) is 0. The number of ether oxygens (including phenoxy) is 1. The highest BCUT2D eigenvalue weighted by Gasteiger charge is 2.04. The summed E-state index contributed by atoms with van der Waals surface area (Å²) in [6.45, 7) is 0. The number of aldehydes is 1. The van der Waals surface area contributed by atoms with Crippen LogP contribution in [-0.2, 0) is 4.79 Å². The van der Waals surface area contributed by atoms with Crippen molar-refractivity contribution in [3.05, 3.63) is 24.3 Å². The first-order chi connectivity index (χ1) is 7.17. The van der Waals surface area contributed by atoms with Crippen molar-refractivity contribution in [2.45, 2.75) is 0 Å². The quantitative estimate of drug-likeness (QED) is 0.534. The second-order valence-corrected chi connectivity index (χ2v) is 3.11. The Morgan fingerprint density at radius 1 is 1.47 bits per heavy atom. The molecule has 0 atom stereocenters. The van der Waals surface area contributed by atoms with Crippen LogP contribution in [0.3, 0.4) is 0 Å². The van der Waals surface area contributed by atoms with Crippen molar-refractivity contribution >= 4 is 11.9 Å². The normalized spacial score (nSPS) is 11.0. The number of aromatic nitrogens is 2. The number of nitrogens with zero attached hydrogens (tertiary/aromatic N) is 3. The third-order valence-electron chi connectivity index (χ3n) is 1.64. The number of rotatable bonds is 4. The zero-order chi connectivity index (χ0) is 11.3. The van der Waals surface area contributed by atoms with E-state index in [1.165, 1.54) is 19.5 Å². The van der Waals surface area contributed by atoms with E-state index in [4.69, 9.17) is 4.74 Å². The molecule has 0 spiro atoms. The highest BCUT2D eigenvalue weighted by molar-refractivity contribution is 6.05. The van der Waals surface area contributed by atoms with Crippen molar-refractivity contribution in [3.8, 4) is 5.88 Å². The minimum Gasteiger partial charge on any atom is -0.480 e. The van der Waals surface area contributed by atoms with Crippen LogP contribution in [0.5, 0.6) is 5.88 Å². The van der Waals surface area contributed by atoms with Gasteiger partial charge in [-0.25, -0.2) is 4.98 Å². The van der Waals surface area contributed by atoms with E-state index in [-0.39, 0.29) is 0 Å². The maximum Gasteiger partial charge on any atom is 0.232 e. The largest absolute Gasteiger partial charge is 0.480 e. The molecule has 0 aliphatic rings. The standard InChI is InChI=1S/C10H13N3O2/c1-13(2)6-8(7-14)9-4-11-5-10(12-9)15-3/h4-7H,1-3H3. The zero-order valence-corrected chi connectivity index (χ0v) is 8.97. The first-order valence-corrected chi connectivity index (χ1v) is 4.37. The van der Waals surface area contributed by atoms with E-state index in [0.717, 1.165) is 6.29 Å². The Balaban J connectivity index is 3.07. The van der Waals surface area contributed by atoms with Crippen LogP contribution in [0.1, 0.15) is 5.69 Å². The van der Waals surface area contributed by atoms with E-state index in [1.54, 1.807) is 11.1 Å². The molecular weight excluding hydrogens is 194 g/mol. The molecule has 0 aliphatic heterocycles. The van der Waals surface area contributed by atoms with E-state index in [9.17, 15) is 4.79 Å². The molecule has 0 fully saturated rings. The van der Waals surface area contributed by atoms with Crippen LogP contribution in [0.2, 0.25) is 0 Å². The Labute approximate surface area is 88.4 Å². The molecule has 1 heterocycles. The van der Waals surface area contributed by atoms with Gasteiger partial charge in [-0.15, -0.1) is 0 Å². The molecule has 0 amide bonds. The molecule has 15 heavy (non-hydrogen) atoms. The van der Waals surface area contributed by atoms with Gasteiger partial charge in [0, 0.05) is 20.3 Å². The molecule has 1 aromatic rings. The van der Waals surface area contributed by atoms with Crippen molar-refractivity contribution in [2.24, 2.45) is 0 Å². The maximum absolute atomic E-state index is 10.8. The third-order valence-corrected chi connectivity index (χ3v) is 1.64. The molecule has 0 aromatic carbocycles. The van der Waals surface area contributed by atoms with Gasteiger partial charge in [-0.2, -0.15) is 0 Å². The number of methoxy groups -OCH3 is 1. The summed E-state index contributed by atoms with van der Waals surface area (Å²) >= 11 is 0. The fourth-order valence-corrected chi connectivity index (χ4v) is 1.02. The van der Waals surface area contributed by atoms with Gasteiger partial charge in [-0.3, -0.25) is 9.78 Å². The zero-order valence-electron chi connectivity index (χ0n) is 8.97. The van der Waals surface area contributed by atoms with Gasteiger partial charge in [0.25, 0.3) is 0 Å². The molecule has 0 unspecified atom stereocenters. The average Bonchev–Trinajstić information content (AvgIpc) is 2.25. The highest BCUT2D eigenvalue weighted by atomic mass is 16.5. The molecule has 0 saturated carbocycles. The molecule has 5 heteroatoms. The minimum absolute atomic E-state index is 0.388. The van der Waals surface area contributed by atoms with Crippen LogP contribution < -0.4 is 4.74 Å². The van der Waals surface area contributed by atoms with Crippen LogP contribution in [0.4, 0.5) is 0 Å². The lowest BCUT2D eigenvalue weighted by Crippen LogP contribution is -2.04. The van der Waals surface area contributed by atoms with Gasteiger partial charge in [0.1, 0.15) is 0 Å². The number of carbonyl (C=O) groups excluding carboxylic acids is 1. The summed E-state index contributed by atoms with van der Waals surface area (Å²) in [6, 6.07) is 0. The first-order valence-electron chi connectivity index (χ1n) is 4.37. The Bertz CT molecular complexity index is 375. The Hall–Kier alpha value is -1.91. The number of allylic oxidation sites excluding steroid dienone is 1. The fourth-order valence-electron chi connectivity index (χ4n) is 1.02. The summed E-state index contributed by atoms with van der Waals surface area (Å²) < 4.78 is 4.92. The molecule has 0 bridgehead atoms. The van der Waals surface area contributed by atoms with Gasteiger partial charge in [0.05, 0.1) is 30.8 Å². The van der Waals surface area contributed by atoms with Crippen molar-refractivity contribution in [1.29, 1.82) is 0 Å². The summed E-state index contributed by atoms with van der Waals surface area (Å²) in [7, 11) is 5.16. The monoisotopic (exact) mass is 207 g/mol. The Morgan fingerprint density at radius 3 is 2.73 bits per heavy atom. The molecule has 0 radical (unpaired) electrons. The molecule has 5 nitrogen and oxygen atoms in total. The summed E-state index contributed by atoms with van der Waals surface area (Å²) in [5.74, 6) is 0.388. The summed E-state index contributed by atoms with van der Waals surface area (Å²) in [5.41, 5.74) is 0.962. The van der Waals surface area contributed by atoms with Gasteiger partial charge < -0.3 is 9.64 Å². The second-order valence-electron chi connectivity index (χ2n) is 3.11. The van der Waals surface area contributed by atoms with Crippen LogP contribution in [0.25, 0.3) is 5.57 Å².